The zero-order chi connectivity index (χ0) is 18.8. The first kappa shape index (κ1) is 18.5. The van der Waals surface area contributed by atoms with Crippen LogP contribution in [0.5, 0.6) is 0 Å². The predicted molar refractivity (Wildman–Crippen MR) is 101 cm³/mol. The number of nitrogens with zero attached hydrogens (tertiary/aromatic N) is 3. The number of benzene rings is 1. The van der Waals surface area contributed by atoms with E-state index < -0.39 is 0 Å². The van der Waals surface area contributed by atoms with Crippen molar-refractivity contribution in [1.82, 2.24) is 14.9 Å². The van der Waals surface area contributed by atoms with Crippen molar-refractivity contribution in [2.75, 3.05) is 0 Å². The highest BCUT2D eigenvalue weighted by molar-refractivity contribution is 7.98. The smallest absolute Gasteiger partial charge is 0.276 e. The summed E-state index contributed by atoms with van der Waals surface area (Å²) in [5.74, 6) is 0.806. The van der Waals surface area contributed by atoms with Gasteiger partial charge in [-0.3, -0.25) is 4.79 Å². The molecule has 26 heavy (non-hydrogen) atoms. The van der Waals surface area contributed by atoms with E-state index in [2.05, 4.69) is 9.97 Å². The fraction of sp³-hybridized carbons (Fsp3) is 0.421. The van der Waals surface area contributed by atoms with E-state index >= 15 is 0 Å². The summed E-state index contributed by atoms with van der Waals surface area (Å²) in [6, 6.07) is 6.03. The van der Waals surface area contributed by atoms with Crippen LogP contribution >= 0.6 is 11.8 Å². The van der Waals surface area contributed by atoms with E-state index in [9.17, 15) is 4.79 Å². The minimum Gasteiger partial charge on any atom is -0.447 e. The van der Waals surface area contributed by atoms with Gasteiger partial charge >= 0.3 is 0 Å². The number of oxazole rings is 2. The second kappa shape index (κ2) is 7.53. The predicted octanol–water partition coefficient (Wildman–Crippen LogP) is 4.68. The van der Waals surface area contributed by atoms with Gasteiger partial charge in [-0.1, -0.05) is 23.9 Å². The molecule has 0 aliphatic rings. The molecule has 2 heterocycles. The van der Waals surface area contributed by atoms with E-state index in [1.54, 1.807) is 4.90 Å². The Morgan fingerprint density at radius 1 is 1.19 bits per heavy atom. The highest BCUT2D eigenvalue weighted by Gasteiger charge is 2.24. The zero-order valence-electron chi connectivity index (χ0n) is 15.6. The van der Waals surface area contributed by atoms with E-state index in [0.29, 0.717) is 22.6 Å². The van der Waals surface area contributed by atoms with Gasteiger partial charge in [-0.15, -0.1) is 0 Å². The van der Waals surface area contributed by atoms with Crippen molar-refractivity contribution in [3.63, 3.8) is 0 Å². The highest BCUT2D eigenvalue weighted by Crippen LogP contribution is 2.27. The van der Waals surface area contributed by atoms with Gasteiger partial charge in [-0.05, 0) is 46.2 Å². The fourth-order valence-electron chi connectivity index (χ4n) is 2.92. The standard InChI is InChI=1S/C19H23N3O3S/c1-11(2)22(12(3)4)18(23)14-9-24-16(20-14)10-26-19-21-17-13(5)7-6-8-15(17)25-19/h6-9,11-12H,10H2,1-5H3. The number of hydrogen-bond donors (Lipinski definition) is 0. The number of aryl methyl sites for hydroxylation is 1. The lowest BCUT2D eigenvalue weighted by atomic mass is 10.2. The van der Waals surface area contributed by atoms with Crippen molar-refractivity contribution in [3.8, 4) is 0 Å². The number of aromatic nitrogens is 2. The first-order valence-corrected chi connectivity index (χ1v) is 9.61. The van der Waals surface area contributed by atoms with Gasteiger partial charge in [0.2, 0.25) is 5.89 Å². The average molecular weight is 373 g/mol. The number of para-hydroxylation sites is 1. The second-order valence-corrected chi connectivity index (χ2v) is 7.64. The van der Waals surface area contributed by atoms with Gasteiger partial charge in [-0.2, -0.15) is 0 Å². The molecule has 0 saturated carbocycles. The third-order valence-corrected chi connectivity index (χ3v) is 4.85. The van der Waals surface area contributed by atoms with Crippen LogP contribution in [0.1, 0.15) is 49.6 Å². The largest absolute Gasteiger partial charge is 0.447 e. The van der Waals surface area contributed by atoms with Crippen molar-refractivity contribution in [3.05, 3.63) is 41.6 Å². The van der Waals surface area contributed by atoms with Crippen molar-refractivity contribution in [1.29, 1.82) is 0 Å². The third kappa shape index (κ3) is 3.77. The van der Waals surface area contributed by atoms with Gasteiger partial charge in [0.15, 0.2) is 11.3 Å². The van der Waals surface area contributed by atoms with Crippen molar-refractivity contribution < 1.29 is 13.6 Å². The van der Waals surface area contributed by atoms with Gasteiger partial charge in [0, 0.05) is 12.1 Å². The van der Waals surface area contributed by atoms with Gasteiger partial charge in [0.25, 0.3) is 11.1 Å². The molecule has 3 rings (SSSR count). The molecule has 0 fully saturated rings. The monoisotopic (exact) mass is 373 g/mol. The van der Waals surface area contributed by atoms with Gasteiger partial charge in [-0.25, -0.2) is 9.97 Å². The normalized spacial score (nSPS) is 11.7. The van der Waals surface area contributed by atoms with E-state index in [1.165, 1.54) is 18.0 Å². The summed E-state index contributed by atoms with van der Waals surface area (Å²) in [6.07, 6.45) is 1.42. The molecule has 3 aromatic rings. The summed E-state index contributed by atoms with van der Waals surface area (Å²) in [5, 5.41) is 0.561. The molecule has 7 heteroatoms. The molecule has 1 amide bonds. The molecular weight excluding hydrogens is 350 g/mol. The summed E-state index contributed by atoms with van der Waals surface area (Å²) in [4.78, 5) is 23.3. The molecule has 0 radical (unpaired) electrons. The fourth-order valence-corrected chi connectivity index (χ4v) is 3.61. The van der Waals surface area contributed by atoms with Gasteiger partial charge in [0.05, 0.1) is 5.75 Å². The van der Waals surface area contributed by atoms with Gasteiger partial charge < -0.3 is 13.7 Å². The lowest BCUT2D eigenvalue weighted by molar-refractivity contribution is 0.0637. The van der Waals surface area contributed by atoms with E-state index in [1.807, 2.05) is 52.8 Å². The van der Waals surface area contributed by atoms with Crippen LogP contribution in [-0.4, -0.2) is 32.9 Å². The van der Waals surface area contributed by atoms with E-state index in [0.717, 1.165) is 16.7 Å². The van der Waals surface area contributed by atoms with Crippen LogP contribution in [0.25, 0.3) is 11.1 Å². The third-order valence-electron chi connectivity index (χ3n) is 4.04. The van der Waals surface area contributed by atoms with Crippen LogP contribution in [0.15, 0.2) is 38.5 Å². The Morgan fingerprint density at radius 2 is 1.92 bits per heavy atom. The molecule has 0 N–H and O–H groups in total. The molecule has 0 aliphatic carbocycles. The van der Waals surface area contributed by atoms with Crippen LogP contribution in [0, 0.1) is 6.92 Å². The topological polar surface area (TPSA) is 72.4 Å². The molecule has 0 bridgehead atoms. The quantitative estimate of drug-likeness (QED) is 0.584. The Hall–Kier alpha value is -2.28. The summed E-state index contributed by atoms with van der Waals surface area (Å²) >= 11 is 1.40. The number of carbonyl (C=O) groups is 1. The average Bonchev–Trinajstić information content (AvgIpc) is 3.19. The van der Waals surface area contributed by atoms with Crippen molar-refractivity contribution in [2.45, 2.75) is 57.7 Å². The molecule has 0 unspecified atom stereocenters. The van der Waals surface area contributed by atoms with Crippen LogP contribution in [0.3, 0.4) is 0 Å². The second-order valence-electron chi connectivity index (χ2n) is 6.72. The van der Waals surface area contributed by atoms with Gasteiger partial charge in [0.1, 0.15) is 11.8 Å². The molecule has 0 saturated heterocycles. The molecule has 138 valence electrons. The number of thioether (sulfide) groups is 1. The number of amides is 1. The highest BCUT2D eigenvalue weighted by atomic mass is 32.2. The summed E-state index contributed by atoms with van der Waals surface area (Å²) in [6.45, 7) is 9.96. The molecule has 0 spiro atoms. The maximum absolute atomic E-state index is 12.6. The van der Waals surface area contributed by atoms with E-state index in [4.69, 9.17) is 8.83 Å². The summed E-state index contributed by atoms with van der Waals surface area (Å²) in [5.41, 5.74) is 3.03. The number of rotatable bonds is 6. The van der Waals surface area contributed by atoms with E-state index in [-0.39, 0.29) is 18.0 Å². The maximum atomic E-state index is 12.6. The lowest BCUT2D eigenvalue weighted by Gasteiger charge is -2.29. The zero-order valence-corrected chi connectivity index (χ0v) is 16.5. The Labute approximate surface area is 157 Å². The molecule has 0 aliphatic heterocycles. The number of fused-ring (bicyclic) bond motifs is 1. The molecule has 2 aromatic heterocycles. The first-order chi connectivity index (χ1) is 12.4. The number of hydrogen-bond acceptors (Lipinski definition) is 6. The molecule has 1 aromatic carbocycles. The number of carbonyl (C=O) groups excluding carboxylic acids is 1. The molecule has 6 nitrogen and oxygen atoms in total. The first-order valence-electron chi connectivity index (χ1n) is 8.63. The van der Waals surface area contributed by atoms with Crippen molar-refractivity contribution >= 4 is 28.8 Å². The molecule has 0 atom stereocenters. The van der Waals surface area contributed by atoms with Crippen molar-refractivity contribution in [2.24, 2.45) is 0 Å². The minimum atomic E-state index is -0.118. The SMILES string of the molecule is Cc1cccc2oc(SCc3nc(C(=O)N(C(C)C)C(C)C)co3)nc12. The Kier molecular flexibility index (Phi) is 5.36. The Balaban J connectivity index is 1.70. The summed E-state index contributed by atoms with van der Waals surface area (Å²) in [7, 11) is 0. The van der Waals surface area contributed by atoms with Crippen LogP contribution in [-0.2, 0) is 5.75 Å². The lowest BCUT2D eigenvalue weighted by Crippen LogP contribution is -2.42. The minimum absolute atomic E-state index is 0.0972. The molecular formula is C19H23N3O3S. The maximum Gasteiger partial charge on any atom is 0.276 e. The Bertz CT molecular complexity index is 906. The van der Waals surface area contributed by atoms with Crippen LogP contribution in [0.2, 0.25) is 0 Å². The summed E-state index contributed by atoms with van der Waals surface area (Å²) < 4.78 is 11.2. The van der Waals surface area contributed by atoms with Crippen LogP contribution < -0.4 is 0 Å². The Morgan fingerprint density at radius 3 is 2.58 bits per heavy atom. The van der Waals surface area contributed by atoms with Crippen LogP contribution in [0.4, 0.5) is 0 Å².